The van der Waals surface area contributed by atoms with Gasteiger partial charge in [-0.1, -0.05) is 6.07 Å². The molecule has 3 aromatic rings. The van der Waals surface area contributed by atoms with Gasteiger partial charge in [-0.2, -0.15) is 0 Å². The summed E-state index contributed by atoms with van der Waals surface area (Å²) in [5, 5.41) is 5.30. The second-order valence-corrected chi connectivity index (χ2v) is 5.20. The van der Waals surface area contributed by atoms with Crippen molar-refractivity contribution in [3.05, 3.63) is 72.1 Å². The van der Waals surface area contributed by atoms with Crippen LogP contribution in [-0.2, 0) is 0 Å². The van der Waals surface area contributed by atoms with Gasteiger partial charge in [0.1, 0.15) is 23.1 Å². The first-order valence-electron chi connectivity index (χ1n) is 7.55. The number of nitrogens with zero attached hydrogens (tertiary/aromatic N) is 2. The number of halogens is 2. The Morgan fingerprint density at radius 3 is 2.73 bits per heavy atom. The molecule has 1 aromatic heterocycles. The van der Waals surface area contributed by atoms with Gasteiger partial charge >= 0.3 is 0 Å². The van der Waals surface area contributed by atoms with Crippen molar-refractivity contribution in [1.29, 1.82) is 0 Å². The minimum absolute atomic E-state index is 0.0223. The summed E-state index contributed by atoms with van der Waals surface area (Å²) in [6, 6.07) is 11.4. The molecular weight excluding hydrogens is 342 g/mol. The molecule has 0 bridgehead atoms. The fourth-order valence-electron chi connectivity index (χ4n) is 2.15. The topological polar surface area (TPSA) is 76.1 Å². The highest BCUT2D eigenvalue weighted by Gasteiger charge is 2.12. The predicted molar refractivity (Wildman–Crippen MR) is 92.6 cm³/mol. The summed E-state index contributed by atoms with van der Waals surface area (Å²) in [5.41, 5.74) is 0.554. The molecule has 1 heterocycles. The average Bonchev–Trinajstić information content (AvgIpc) is 2.64. The molecule has 0 saturated heterocycles. The lowest BCUT2D eigenvalue weighted by Gasteiger charge is -2.09. The molecule has 0 radical (unpaired) electrons. The summed E-state index contributed by atoms with van der Waals surface area (Å²) in [5.74, 6) is -1.41. The van der Waals surface area contributed by atoms with Gasteiger partial charge in [0.2, 0.25) is 5.95 Å². The first-order valence-corrected chi connectivity index (χ1v) is 7.55. The van der Waals surface area contributed by atoms with Gasteiger partial charge in [0.25, 0.3) is 5.91 Å². The number of carbonyl (C=O) groups excluding carboxylic acids is 1. The number of anilines is 3. The predicted octanol–water partition coefficient (Wildman–Crippen LogP) is 3.76. The van der Waals surface area contributed by atoms with Gasteiger partial charge in [-0.15, -0.1) is 0 Å². The Morgan fingerprint density at radius 1 is 1.12 bits per heavy atom. The molecule has 0 aliphatic rings. The van der Waals surface area contributed by atoms with Crippen molar-refractivity contribution in [1.82, 2.24) is 9.97 Å². The normalized spacial score (nSPS) is 10.3. The van der Waals surface area contributed by atoms with Crippen molar-refractivity contribution in [3.63, 3.8) is 0 Å². The molecule has 3 rings (SSSR count). The van der Waals surface area contributed by atoms with Crippen molar-refractivity contribution < 1.29 is 18.3 Å². The molecule has 6 nitrogen and oxygen atoms in total. The Balaban J connectivity index is 1.76. The Morgan fingerprint density at radius 2 is 1.96 bits per heavy atom. The molecule has 0 spiro atoms. The molecule has 0 saturated carbocycles. The van der Waals surface area contributed by atoms with Gasteiger partial charge in [-0.05, 0) is 30.3 Å². The monoisotopic (exact) mass is 356 g/mol. The molecule has 0 fully saturated rings. The van der Waals surface area contributed by atoms with Crippen LogP contribution in [0.1, 0.15) is 10.5 Å². The van der Waals surface area contributed by atoms with E-state index in [4.69, 9.17) is 4.74 Å². The van der Waals surface area contributed by atoms with Crippen molar-refractivity contribution in [2.45, 2.75) is 0 Å². The van der Waals surface area contributed by atoms with E-state index in [1.54, 1.807) is 31.4 Å². The third kappa shape index (κ3) is 4.10. The van der Waals surface area contributed by atoms with E-state index < -0.39 is 17.5 Å². The Hall–Kier alpha value is -3.55. The number of amides is 1. The Bertz CT molecular complexity index is 950. The van der Waals surface area contributed by atoms with E-state index in [1.807, 2.05) is 0 Å². The fraction of sp³-hybridized carbons (Fsp3) is 0.0556. The Labute approximate surface area is 147 Å². The molecule has 0 aliphatic heterocycles. The number of rotatable bonds is 5. The van der Waals surface area contributed by atoms with E-state index in [-0.39, 0.29) is 17.3 Å². The van der Waals surface area contributed by atoms with Crippen LogP contribution in [0.2, 0.25) is 0 Å². The summed E-state index contributed by atoms with van der Waals surface area (Å²) in [6.07, 6.45) is 1.39. The Kier molecular flexibility index (Phi) is 5.02. The van der Waals surface area contributed by atoms with Gasteiger partial charge in [0.05, 0.1) is 12.8 Å². The van der Waals surface area contributed by atoms with E-state index in [9.17, 15) is 13.6 Å². The smallest absolute Gasteiger partial charge is 0.274 e. The van der Waals surface area contributed by atoms with Crippen LogP contribution in [0.5, 0.6) is 5.75 Å². The van der Waals surface area contributed by atoms with Crippen LogP contribution >= 0.6 is 0 Å². The van der Waals surface area contributed by atoms with Crippen molar-refractivity contribution in [2.24, 2.45) is 0 Å². The van der Waals surface area contributed by atoms with Crippen LogP contribution < -0.4 is 15.4 Å². The molecule has 0 unspecified atom stereocenters. The summed E-state index contributed by atoms with van der Waals surface area (Å²) >= 11 is 0. The van der Waals surface area contributed by atoms with Crippen LogP contribution in [0.15, 0.2) is 54.7 Å². The zero-order valence-electron chi connectivity index (χ0n) is 13.7. The van der Waals surface area contributed by atoms with E-state index in [1.165, 1.54) is 12.3 Å². The second-order valence-electron chi connectivity index (χ2n) is 5.20. The molecule has 0 aliphatic carbocycles. The van der Waals surface area contributed by atoms with E-state index in [0.29, 0.717) is 17.5 Å². The van der Waals surface area contributed by atoms with Crippen LogP contribution in [0, 0.1) is 11.6 Å². The van der Waals surface area contributed by atoms with Gasteiger partial charge in [0.15, 0.2) is 0 Å². The maximum atomic E-state index is 13.7. The van der Waals surface area contributed by atoms with Crippen molar-refractivity contribution >= 4 is 23.2 Å². The number of carbonyl (C=O) groups is 1. The molecule has 8 heteroatoms. The maximum absolute atomic E-state index is 13.7. The number of methoxy groups -OCH3 is 1. The molecule has 2 aromatic carbocycles. The van der Waals surface area contributed by atoms with Crippen LogP contribution in [-0.4, -0.2) is 23.0 Å². The fourth-order valence-corrected chi connectivity index (χ4v) is 2.15. The molecule has 2 N–H and O–H groups in total. The van der Waals surface area contributed by atoms with Crippen LogP contribution in [0.4, 0.5) is 26.1 Å². The molecule has 0 atom stereocenters. The van der Waals surface area contributed by atoms with Gasteiger partial charge < -0.3 is 15.4 Å². The van der Waals surface area contributed by atoms with Gasteiger partial charge in [-0.3, -0.25) is 4.79 Å². The summed E-state index contributed by atoms with van der Waals surface area (Å²) < 4.78 is 31.7. The zero-order chi connectivity index (χ0) is 18.5. The SMILES string of the molecule is COc1cccc(Nc2nccc(C(=O)Nc3ccc(F)cc3F)n2)c1. The van der Waals surface area contributed by atoms with Crippen molar-refractivity contribution in [3.8, 4) is 5.75 Å². The van der Waals surface area contributed by atoms with Crippen LogP contribution in [0.25, 0.3) is 0 Å². The number of ether oxygens (including phenoxy) is 1. The average molecular weight is 356 g/mol. The molecule has 132 valence electrons. The minimum Gasteiger partial charge on any atom is -0.497 e. The molecule has 1 amide bonds. The number of benzene rings is 2. The summed E-state index contributed by atoms with van der Waals surface area (Å²) in [7, 11) is 1.55. The van der Waals surface area contributed by atoms with Gasteiger partial charge in [0, 0.05) is 24.0 Å². The number of aromatic nitrogens is 2. The third-order valence-corrected chi connectivity index (χ3v) is 3.39. The minimum atomic E-state index is -0.873. The second kappa shape index (κ2) is 7.56. The third-order valence-electron chi connectivity index (χ3n) is 3.39. The largest absolute Gasteiger partial charge is 0.497 e. The first kappa shape index (κ1) is 17.3. The van der Waals surface area contributed by atoms with Crippen molar-refractivity contribution in [2.75, 3.05) is 17.7 Å². The lowest BCUT2D eigenvalue weighted by Crippen LogP contribution is -2.15. The maximum Gasteiger partial charge on any atom is 0.274 e. The van der Waals surface area contributed by atoms with E-state index in [2.05, 4.69) is 20.6 Å². The summed E-state index contributed by atoms with van der Waals surface area (Å²) in [6.45, 7) is 0. The highest BCUT2D eigenvalue weighted by molar-refractivity contribution is 6.03. The van der Waals surface area contributed by atoms with E-state index in [0.717, 1.165) is 12.1 Å². The van der Waals surface area contributed by atoms with Gasteiger partial charge in [-0.25, -0.2) is 18.7 Å². The lowest BCUT2D eigenvalue weighted by molar-refractivity contribution is 0.102. The zero-order valence-corrected chi connectivity index (χ0v) is 13.7. The number of hydrogen-bond acceptors (Lipinski definition) is 5. The summed E-state index contributed by atoms with van der Waals surface area (Å²) in [4.78, 5) is 20.4. The highest BCUT2D eigenvalue weighted by Crippen LogP contribution is 2.20. The van der Waals surface area contributed by atoms with E-state index >= 15 is 0 Å². The van der Waals surface area contributed by atoms with Crippen LogP contribution in [0.3, 0.4) is 0 Å². The standard InChI is InChI=1S/C18H14F2N4O2/c1-26-13-4-2-3-12(10-13)22-18-21-8-7-16(24-18)17(25)23-15-6-5-11(19)9-14(15)20/h2-10H,1H3,(H,23,25)(H,21,22,24). The number of nitrogens with one attached hydrogen (secondary N) is 2. The first-order chi connectivity index (χ1) is 12.5. The highest BCUT2D eigenvalue weighted by atomic mass is 19.1. The molecular formula is C18H14F2N4O2. The number of hydrogen-bond donors (Lipinski definition) is 2. The quantitative estimate of drug-likeness (QED) is 0.728. The lowest BCUT2D eigenvalue weighted by atomic mass is 10.2. The molecule has 26 heavy (non-hydrogen) atoms.